The molecule has 0 bridgehead atoms. The van der Waals surface area contributed by atoms with E-state index >= 15 is 0 Å². The second-order valence-electron chi connectivity index (χ2n) is 4.37. The average Bonchev–Trinajstić information content (AvgIpc) is 2.34. The topological polar surface area (TPSA) is 0 Å². The minimum absolute atomic E-state index is 0.922. The van der Waals surface area contributed by atoms with Crippen molar-refractivity contribution in [3.63, 3.8) is 0 Å². The molecule has 0 saturated heterocycles. The van der Waals surface area contributed by atoms with E-state index in [-0.39, 0.29) is 0 Å². The van der Waals surface area contributed by atoms with E-state index in [0.717, 1.165) is 0 Å². The molecule has 0 amide bonds. The molecular formula is C14H14Cl2SiZr. The second-order valence-corrected chi connectivity index (χ2v) is 23.6. The Morgan fingerprint density at radius 1 is 0.722 bits per heavy atom. The van der Waals surface area contributed by atoms with E-state index in [9.17, 15) is 0 Å². The molecule has 2 aromatic carbocycles. The van der Waals surface area contributed by atoms with Gasteiger partial charge in [0.25, 0.3) is 0 Å². The van der Waals surface area contributed by atoms with Crippen LogP contribution < -0.4 is 10.4 Å². The predicted octanol–water partition coefficient (Wildman–Crippen LogP) is 3.33. The molecule has 0 saturated carbocycles. The van der Waals surface area contributed by atoms with E-state index in [1.807, 2.05) is 0 Å². The molecule has 0 atom stereocenters. The third-order valence-electron chi connectivity index (χ3n) is 2.87. The molecule has 0 heterocycles. The molecule has 2 rings (SSSR count). The Bertz CT molecular complexity index is 522. The zero-order valence-electron chi connectivity index (χ0n) is 10.4. The van der Waals surface area contributed by atoms with Crippen molar-refractivity contribution in [1.29, 1.82) is 0 Å². The first kappa shape index (κ1) is 14.5. The van der Waals surface area contributed by atoms with Crippen molar-refractivity contribution in [3.05, 3.63) is 59.7 Å². The minimum atomic E-state index is -2.30. The van der Waals surface area contributed by atoms with Gasteiger partial charge in [-0.25, -0.2) is 0 Å². The Hall–Kier alpha value is 0.120. The molecule has 18 heavy (non-hydrogen) atoms. The first-order valence-electron chi connectivity index (χ1n) is 5.77. The predicted molar refractivity (Wildman–Crippen MR) is 79.1 cm³/mol. The summed E-state index contributed by atoms with van der Waals surface area (Å²) in [6.45, 7) is 4.20. The number of hydrogen-bond acceptors (Lipinski definition) is 0. The van der Waals surface area contributed by atoms with Crippen molar-refractivity contribution in [2.24, 2.45) is 0 Å². The molecule has 0 nitrogen and oxygen atoms in total. The molecular weight excluding hydrogens is 358 g/mol. The fourth-order valence-electron chi connectivity index (χ4n) is 1.83. The van der Waals surface area contributed by atoms with Crippen molar-refractivity contribution < 1.29 is 18.0 Å². The normalized spacial score (nSPS) is 10.2. The Morgan fingerprint density at radius 3 is 1.33 bits per heavy atom. The Labute approximate surface area is 123 Å². The number of rotatable bonds is 2. The van der Waals surface area contributed by atoms with Gasteiger partial charge in [-0.15, -0.1) is 0 Å². The first-order valence-corrected chi connectivity index (χ1v) is 17.3. The van der Waals surface area contributed by atoms with E-state index in [1.54, 1.807) is 0 Å². The van der Waals surface area contributed by atoms with Gasteiger partial charge in [0.1, 0.15) is 0 Å². The summed E-state index contributed by atoms with van der Waals surface area (Å²) < 4.78 is 0. The zero-order chi connectivity index (χ0) is 13.1. The van der Waals surface area contributed by atoms with Crippen LogP contribution in [-0.4, -0.2) is 5.43 Å². The van der Waals surface area contributed by atoms with Gasteiger partial charge in [0.2, 0.25) is 0 Å². The van der Waals surface area contributed by atoms with E-state index in [0.29, 0.717) is 0 Å². The summed E-state index contributed by atoms with van der Waals surface area (Å²) >= 11 is -2.30. The third kappa shape index (κ3) is 3.57. The maximum atomic E-state index is 6.40. The van der Waals surface area contributed by atoms with Crippen LogP contribution in [-0.2, 0) is 18.0 Å². The fraction of sp³-hybridized carbons (Fsp3) is 0.143. The molecule has 0 fully saturated rings. The summed E-state index contributed by atoms with van der Waals surface area (Å²) in [6, 6.07) is 17.3. The van der Waals surface area contributed by atoms with E-state index in [4.69, 9.17) is 17.0 Å². The van der Waals surface area contributed by atoms with Crippen LogP contribution in [0, 0.1) is 13.8 Å². The molecule has 0 N–H and O–H groups in total. The van der Waals surface area contributed by atoms with Crippen LogP contribution in [0.1, 0.15) is 11.1 Å². The van der Waals surface area contributed by atoms with Crippen molar-refractivity contribution in [2.75, 3.05) is 0 Å². The van der Waals surface area contributed by atoms with Gasteiger partial charge in [-0.2, -0.15) is 0 Å². The van der Waals surface area contributed by atoms with Crippen LogP contribution >= 0.6 is 17.0 Å². The van der Waals surface area contributed by atoms with Crippen LogP contribution in [0.4, 0.5) is 0 Å². The summed E-state index contributed by atoms with van der Waals surface area (Å²) in [4.78, 5) is 0. The van der Waals surface area contributed by atoms with Crippen molar-refractivity contribution in [2.45, 2.75) is 13.8 Å². The van der Waals surface area contributed by atoms with Gasteiger partial charge in [0, 0.05) is 0 Å². The summed E-state index contributed by atoms with van der Waals surface area (Å²) in [5.41, 5.74) is 1.63. The van der Waals surface area contributed by atoms with Gasteiger partial charge in [-0.05, 0) is 0 Å². The number of aryl methyl sites for hydroxylation is 2. The molecule has 0 aromatic heterocycles. The first-order chi connectivity index (χ1) is 8.58. The molecule has 0 spiro atoms. The quantitative estimate of drug-likeness (QED) is 0.710. The van der Waals surface area contributed by atoms with Crippen molar-refractivity contribution >= 4 is 32.8 Å². The van der Waals surface area contributed by atoms with Gasteiger partial charge >= 0.3 is 124 Å². The Morgan fingerprint density at radius 2 is 1.06 bits per heavy atom. The molecule has 0 aliphatic rings. The summed E-state index contributed by atoms with van der Waals surface area (Å²) in [5.74, 6) is 0. The van der Waals surface area contributed by atoms with Crippen LogP contribution in [0.15, 0.2) is 48.5 Å². The Kier molecular flexibility index (Phi) is 5.26. The standard InChI is InChI=1S/C14H14Si.2ClH.Zr/c1-11-3-7-13(8-4-11)15-14-9-5-12(2)6-10-14;;;/h3-10H,1-2H3;2*1H;/q;;;+2/p-2. The monoisotopic (exact) mass is 370 g/mol. The molecule has 4 heteroatoms. The Balaban J connectivity index is 2.51. The molecule has 0 unspecified atom stereocenters. The van der Waals surface area contributed by atoms with Gasteiger partial charge in [-0.1, -0.05) is 0 Å². The van der Waals surface area contributed by atoms with Gasteiger partial charge < -0.3 is 0 Å². The number of hydrogen-bond donors (Lipinski definition) is 0. The number of benzene rings is 2. The molecule has 2 aromatic rings. The third-order valence-corrected chi connectivity index (χ3v) is 18.8. The van der Waals surface area contributed by atoms with Crippen LogP contribution in [0.2, 0.25) is 0 Å². The molecule has 0 aliphatic carbocycles. The molecule has 0 radical (unpaired) electrons. The summed E-state index contributed by atoms with van der Waals surface area (Å²) in [6.07, 6.45) is 0. The molecule has 0 aliphatic heterocycles. The van der Waals surface area contributed by atoms with Crippen molar-refractivity contribution in [1.82, 2.24) is 0 Å². The average molecular weight is 372 g/mol. The van der Waals surface area contributed by atoms with Crippen LogP contribution in [0.5, 0.6) is 0 Å². The molecule has 92 valence electrons. The fourth-order valence-corrected chi connectivity index (χ4v) is 17.0. The van der Waals surface area contributed by atoms with Crippen LogP contribution in [0.25, 0.3) is 0 Å². The number of halogens is 2. The summed E-state index contributed by atoms with van der Waals surface area (Å²) in [5, 5.41) is 2.68. The SMILES string of the molecule is Cc1ccc([Si](c2ccc(C)cc2)=[Zr]([Cl])[Cl])cc1. The van der Waals surface area contributed by atoms with Crippen LogP contribution in [0.3, 0.4) is 0 Å². The zero-order valence-corrected chi connectivity index (χ0v) is 15.3. The maximum absolute atomic E-state index is 6.40. The van der Waals surface area contributed by atoms with E-state index in [1.165, 1.54) is 21.5 Å². The summed E-state index contributed by atoms with van der Waals surface area (Å²) in [7, 11) is 12.8. The van der Waals surface area contributed by atoms with Gasteiger partial charge in [-0.3, -0.25) is 0 Å². The second kappa shape index (κ2) is 6.52. The van der Waals surface area contributed by atoms with E-state index in [2.05, 4.69) is 62.4 Å². The van der Waals surface area contributed by atoms with E-state index < -0.39 is 23.4 Å². The van der Waals surface area contributed by atoms with Gasteiger partial charge in [0.15, 0.2) is 0 Å². The van der Waals surface area contributed by atoms with Gasteiger partial charge in [0.05, 0.1) is 0 Å². The van der Waals surface area contributed by atoms with Crippen molar-refractivity contribution in [3.8, 4) is 0 Å².